The van der Waals surface area contributed by atoms with Crippen molar-refractivity contribution in [3.63, 3.8) is 0 Å². The number of para-hydroxylation sites is 1. The number of carbonyl (C=O) groups is 1. The number of rotatable bonds is 8. The molecule has 0 bridgehead atoms. The summed E-state index contributed by atoms with van der Waals surface area (Å²) in [6, 6.07) is 19.5. The Morgan fingerprint density at radius 1 is 1.08 bits per heavy atom. The van der Waals surface area contributed by atoms with E-state index in [4.69, 9.17) is 19.6 Å². The van der Waals surface area contributed by atoms with E-state index in [1.165, 1.54) is 11.8 Å². The molecule has 38 heavy (non-hydrogen) atoms. The second kappa shape index (κ2) is 11.9. The molecule has 0 saturated heterocycles. The number of benzene rings is 3. The summed E-state index contributed by atoms with van der Waals surface area (Å²) in [5.41, 5.74) is 2.29. The minimum Gasteiger partial charge on any atom is -0.493 e. The van der Waals surface area contributed by atoms with Crippen molar-refractivity contribution in [2.24, 2.45) is 10.1 Å². The van der Waals surface area contributed by atoms with Gasteiger partial charge in [-0.1, -0.05) is 73.6 Å². The maximum Gasteiger partial charge on any atom is 0.276 e. The highest BCUT2D eigenvalue weighted by atomic mass is 79.9. The maximum absolute atomic E-state index is 13.4. The number of nitrogens with one attached hydrogen (secondary N) is 1. The Hall–Kier alpha value is -2.82. The van der Waals surface area contributed by atoms with Gasteiger partial charge in [0.1, 0.15) is 12.3 Å². The Morgan fingerprint density at radius 3 is 2.61 bits per heavy atom. The molecule has 1 unspecified atom stereocenters. The highest BCUT2D eigenvalue weighted by Gasteiger charge is 2.36. The van der Waals surface area contributed by atoms with Gasteiger partial charge in [0.05, 0.1) is 16.9 Å². The highest BCUT2D eigenvalue weighted by Crippen LogP contribution is 2.47. The number of fused-ring (bicyclic) bond motifs is 2. The van der Waals surface area contributed by atoms with Gasteiger partial charge in [-0.15, -0.1) is 5.10 Å². The predicted octanol–water partition coefficient (Wildman–Crippen LogP) is 5.48. The Kier molecular flexibility index (Phi) is 8.40. The first-order chi connectivity index (χ1) is 18.5. The fourth-order valence-corrected chi connectivity index (χ4v) is 6.19. The minimum atomic E-state index is -0.601. The summed E-state index contributed by atoms with van der Waals surface area (Å²) in [5, 5.41) is 11.6. The summed E-state index contributed by atoms with van der Waals surface area (Å²) < 4.78 is 13.4. The van der Waals surface area contributed by atoms with Gasteiger partial charge in [-0.2, -0.15) is 0 Å². The van der Waals surface area contributed by atoms with Gasteiger partial charge in [0.15, 0.2) is 22.8 Å². The zero-order valence-electron chi connectivity index (χ0n) is 20.9. The molecule has 1 atom stereocenters. The first kappa shape index (κ1) is 26.8. The number of halogens is 2. The zero-order valence-corrected chi connectivity index (χ0v) is 24.9. The van der Waals surface area contributed by atoms with Crippen LogP contribution in [0.2, 0.25) is 0 Å². The van der Waals surface area contributed by atoms with E-state index in [9.17, 15) is 4.79 Å². The van der Waals surface area contributed by atoms with Crippen LogP contribution in [0.1, 0.15) is 37.1 Å². The molecule has 2 heterocycles. The smallest absolute Gasteiger partial charge is 0.276 e. The number of amides is 1. The number of hydrogen-bond donors (Lipinski definition) is 1. The monoisotopic (exact) mass is 656 g/mol. The van der Waals surface area contributed by atoms with Crippen molar-refractivity contribution in [3.8, 4) is 11.5 Å². The third-order valence-corrected chi connectivity index (χ3v) is 9.23. The van der Waals surface area contributed by atoms with Gasteiger partial charge in [0, 0.05) is 21.0 Å². The molecule has 2 aliphatic heterocycles. The Balaban J connectivity index is 1.59. The molecule has 2 aliphatic rings. The van der Waals surface area contributed by atoms with E-state index < -0.39 is 6.17 Å². The van der Waals surface area contributed by atoms with E-state index >= 15 is 0 Å². The number of unbranched alkanes of at least 4 members (excludes halogenated alkanes) is 1. The van der Waals surface area contributed by atoms with Crippen LogP contribution < -0.4 is 25.4 Å². The SMILES string of the molecule is CCCCSC1=NN2C(=c3ccccc3=NC2c2cc(OC)c(OCc3ccccc3)c(Br)c2Br)C(=O)N1. The summed E-state index contributed by atoms with van der Waals surface area (Å²) >= 11 is 9.01. The maximum atomic E-state index is 13.4. The molecule has 1 N–H and O–H groups in total. The van der Waals surface area contributed by atoms with Crippen LogP contribution in [0.5, 0.6) is 11.5 Å². The van der Waals surface area contributed by atoms with E-state index in [0.717, 1.165) is 44.8 Å². The normalized spacial score (nSPS) is 16.2. The lowest BCUT2D eigenvalue weighted by Crippen LogP contribution is -2.50. The summed E-state index contributed by atoms with van der Waals surface area (Å²) in [7, 11) is 1.61. The van der Waals surface area contributed by atoms with Crippen LogP contribution in [-0.4, -0.2) is 28.9 Å². The third-order valence-electron chi connectivity index (χ3n) is 6.13. The number of thioether (sulfide) groups is 1. The third kappa shape index (κ3) is 5.34. The lowest BCUT2D eigenvalue weighted by Gasteiger charge is -2.34. The van der Waals surface area contributed by atoms with Gasteiger partial charge >= 0.3 is 0 Å². The molecule has 196 valence electrons. The van der Waals surface area contributed by atoms with Gasteiger partial charge in [-0.05, 0) is 56.0 Å². The van der Waals surface area contributed by atoms with E-state index in [2.05, 4.69) is 44.1 Å². The summed E-state index contributed by atoms with van der Waals surface area (Å²) in [6.45, 7) is 2.52. The Labute approximate surface area is 242 Å². The van der Waals surface area contributed by atoms with Gasteiger partial charge < -0.3 is 9.47 Å². The van der Waals surface area contributed by atoms with Crippen molar-refractivity contribution in [2.45, 2.75) is 32.5 Å². The number of amidine groups is 1. The van der Waals surface area contributed by atoms with Crippen molar-refractivity contribution < 1.29 is 14.3 Å². The summed E-state index contributed by atoms with van der Waals surface area (Å²) in [5.74, 6) is 1.79. The second-order valence-corrected chi connectivity index (χ2v) is 11.3. The topological polar surface area (TPSA) is 75.5 Å². The number of methoxy groups -OCH3 is 1. The lowest BCUT2D eigenvalue weighted by atomic mass is 10.1. The van der Waals surface area contributed by atoms with Gasteiger partial charge in [-0.3, -0.25) is 15.1 Å². The Bertz CT molecular complexity index is 1510. The molecule has 5 rings (SSSR count). The summed E-state index contributed by atoms with van der Waals surface area (Å²) in [4.78, 5) is 18.4. The molecular weight excluding hydrogens is 632 g/mol. The van der Waals surface area contributed by atoms with Crippen LogP contribution >= 0.6 is 43.6 Å². The zero-order chi connectivity index (χ0) is 26.6. The molecule has 0 aliphatic carbocycles. The van der Waals surface area contributed by atoms with Crippen molar-refractivity contribution >= 4 is 60.4 Å². The van der Waals surface area contributed by atoms with E-state index in [-0.39, 0.29) is 5.91 Å². The molecular formula is C28H26Br2N4O3S. The number of nitrogens with zero attached hydrogens (tertiary/aromatic N) is 3. The minimum absolute atomic E-state index is 0.198. The average molecular weight is 658 g/mol. The van der Waals surface area contributed by atoms with E-state index in [1.54, 1.807) is 12.1 Å². The fraction of sp³-hybridized carbons (Fsp3) is 0.250. The molecule has 0 saturated carbocycles. The first-order valence-electron chi connectivity index (χ1n) is 12.2. The molecule has 1 amide bonds. The van der Waals surface area contributed by atoms with Crippen molar-refractivity contribution in [2.75, 3.05) is 12.9 Å². The molecule has 3 aromatic carbocycles. The van der Waals surface area contributed by atoms with Crippen molar-refractivity contribution in [3.05, 3.63) is 91.3 Å². The average Bonchev–Trinajstić information content (AvgIpc) is 2.94. The second-order valence-electron chi connectivity index (χ2n) is 8.67. The van der Waals surface area contributed by atoms with Crippen LogP contribution in [0.15, 0.2) is 79.7 Å². The highest BCUT2D eigenvalue weighted by molar-refractivity contribution is 9.13. The number of hydrogen-bond acceptors (Lipinski definition) is 7. The first-order valence-corrected chi connectivity index (χ1v) is 14.8. The largest absolute Gasteiger partial charge is 0.493 e. The Morgan fingerprint density at radius 2 is 1.84 bits per heavy atom. The van der Waals surface area contributed by atoms with Crippen molar-refractivity contribution in [1.82, 2.24) is 10.3 Å². The molecule has 0 fully saturated rings. The number of carbonyl (C=O) groups excluding carboxylic acids is 1. The van der Waals surface area contributed by atoms with E-state index in [0.29, 0.717) is 33.4 Å². The van der Waals surface area contributed by atoms with Crippen LogP contribution in [0.25, 0.3) is 5.70 Å². The van der Waals surface area contributed by atoms with Gasteiger partial charge in [0.25, 0.3) is 5.91 Å². The number of ether oxygens (including phenoxy) is 2. The van der Waals surface area contributed by atoms with Crippen molar-refractivity contribution in [1.29, 1.82) is 0 Å². The quantitative estimate of drug-likeness (QED) is 0.325. The van der Waals surface area contributed by atoms with Gasteiger partial charge in [-0.25, -0.2) is 5.01 Å². The standard InChI is InChI=1S/C28H26Br2N4O3S/c1-3-4-14-38-28-32-27(35)24-18-12-8-9-13-20(18)31-26(34(24)33-28)19-15-21(36-2)25(23(30)22(19)29)37-16-17-10-6-5-7-11-17/h5-13,15,26H,3-4,14,16H2,1-2H3,(H,32,33,35). The molecule has 0 radical (unpaired) electrons. The van der Waals surface area contributed by atoms with Gasteiger partial charge in [0.2, 0.25) is 0 Å². The van der Waals surface area contributed by atoms with E-state index in [1.807, 2.05) is 60.7 Å². The van der Waals surface area contributed by atoms with Crippen LogP contribution in [0, 0.1) is 0 Å². The molecule has 0 spiro atoms. The fourth-order valence-electron chi connectivity index (χ4n) is 4.22. The number of hydrazone groups is 1. The predicted molar refractivity (Wildman–Crippen MR) is 157 cm³/mol. The molecule has 0 aromatic heterocycles. The molecule has 7 nitrogen and oxygen atoms in total. The summed E-state index contributed by atoms with van der Waals surface area (Å²) in [6.07, 6.45) is 1.50. The van der Waals surface area contributed by atoms with Crippen LogP contribution in [0.4, 0.5) is 0 Å². The molecule has 10 heteroatoms. The molecule has 3 aromatic rings. The van der Waals surface area contributed by atoms with Crippen LogP contribution in [-0.2, 0) is 11.4 Å². The lowest BCUT2D eigenvalue weighted by molar-refractivity contribution is -0.116. The van der Waals surface area contributed by atoms with Crippen LogP contribution in [0.3, 0.4) is 0 Å².